The quantitative estimate of drug-likeness (QED) is 0.609. The molecule has 1 rings (SSSR count). The molecule has 1 heterocycles. The topological polar surface area (TPSA) is 54.5 Å². The summed E-state index contributed by atoms with van der Waals surface area (Å²) in [6.45, 7) is 0. The van der Waals surface area contributed by atoms with E-state index in [0.717, 1.165) is 0 Å². The molecule has 0 saturated carbocycles. The van der Waals surface area contributed by atoms with Crippen LogP contribution >= 0.6 is 0 Å². The van der Waals surface area contributed by atoms with Gasteiger partial charge in [0.2, 0.25) is 0 Å². The number of hydrogen-bond acceptors (Lipinski definition) is 3. The summed E-state index contributed by atoms with van der Waals surface area (Å²) in [7, 11) is 0. The SMILES string of the molecule is [Ir].[c-]1nn[nH]n1. The molecule has 0 fully saturated rings. The second-order valence-corrected chi connectivity index (χ2v) is 0.512. The summed E-state index contributed by atoms with van der Waals surface area (Å²) in [4.78, 5) is 0. The van der Waals surface area contributed by atoms with Gasteiger partial charge in [0.15, 0.2) is 0 Å². The van der Waals surface area contributed by atoms with E-state index >= 15 is 0 Å². The minimum atomic E-state index is 0. The van der Waals surface area contributed by atoms with E-state index in [0.29, 0.717) is 0 Å². The van der Waals surface area contributed by atoms with Crippen molar-refractivity contribution in [3.05, 3.63) is 6.33 Å². The van der Waals surface area contributed by atoms with Crippen LogP contribution in [0.2, 0.25) is 0 Å². The number of hydrogen-bond donors (Lipinski definition) is 1. The van der Waals surface area contributed by atoms with E-state index in [4.69, 9.17) is 0 Å². The largest absolute Gasteiger partial charge is 0.357 e. The van der Waals surface area contributed by atoms with E-state index in [-0.39, 0.29) is 20.1 Å². The molecule has 0 atom stereocenters. The third-order valence-corrected chi connectivity index (χ3v) is 0.239. The maximum absolute atomic E-state index is 3.25. The Labute approximate surface area is 47.7 Å². The van der Waals surface area contributed by atoms with Crippen molar-refractivity contribution >= 4 is 0 Å². The van der Waals surface area contributed by atoms with Crippen LogP contribution < -0.4 is 0 Å². The Morgan fingerprint density at radius 3 is 2.50 bits per heavy atom. The van der Waals surface area contributed by atoms with Gasteiger partial charge in [-0.2, -0.15) is 0 Å². The number of aromatic amines is 1. The molecular formula is CHIrN4-. The van der Waals surface area contributed by atoms with Crippen molar-refractivity contribution in [2.45, 2.75) is 0 Å². The average Bonchev–Trinajstić information content (AvgIpc) is 1.76. The Hall–Kier alpha value is -0.281. The van der Waals surface area contributed by atoms with Gasteiger partial charge < -0.3 is 10.2 Å². The smallest absolute Gasteiger partial charge is 0 e. The van der Waals surface area contributed by atoms with Gasteiger partial charge in [0.25, 0.3) is 0 Å². The number of H-pyrrole nitrogens is 1. The van der Waals surface area contributed by atoms with Gasteiger partial charge in [-0.3, -0.25) is 0 Å². The molecule has 1 radical (unpaired) electrons. The van der Waals surface area contributed by atoms with E-state index in [1.807, 2.05) is 0 Å². The number of tetrazole rings is 1. The van der Waals surface area contributed by atoms with Gasteiger partial charge in [-0.15, -0.1) is 0 Å². The zero-order chi connectivity index (χ0) is 3.54. The van der Waals surface area contributed by atoms with Crippen LogP contribution in [0.4, 0.5) is 0 Å². The van der Waals surface area contributed by atoms with Gasteiger partial charge in [0.05, 0.1) is 0 Å². The molecule has 0 aliphatic carbocycles. The first kappa shape index (κ1) is 5.72. The van der Waals surface area contributed by atoms with Crippen molar-refractivity contribution in [3.63, 3.8) is 0 Å². The Kier molecular flexibility index (Phi) is 2.79. The summed E-state index contributed by atoms with van der Waals surface area (Å²) in [5.74, 6) is 0. The molecule has 0 saturated heterocycles. The Morgan fingerprint density at radius 2 is 2.33 bits per heavy atom. The summed E-state index contributed by atoms with van der Waals surface area (Å²) in [6.07, 6.45) is 2.19. The molecule has 0 unspecified atom stereocenters. The molecule has 5 heteroatoms. The molecule has 0 aromatic carbocycles. The number of nitrogens with zero attached hydrogens (tertiary/aromatic N) is 3. The molecule has 1 aromatic rings. The van der Waals surface area contributed by atoms with Crippen molar-refractivity contribution in [2.75, 3.05) is 0 Å². The molecule has 0 aliphatic rings. The van der Waals surface area contributed by atoms with E-state index in [2.05, 4.69) is 27.0 Å². The molecule has 0 spiro atoms. The fourth-order valence-electron chi connectivity index (χ4n) is 0.112. The zero-order valence-corrected chi connectivity index (χ0v) is 5.07. The molecule has 35 valence electrons. The Bertz CT molecular complexity index is 64.0. The van der Waals surface area contributed by atoms with Crippen LogP contribution in [0.15, 0.2) is 0 Å². The van der Waals surface area contributed by atoms with E-state index in [1.165, 1.54) is 0 Å². The molecule has 4 nitrogen and oxygen atoms in total. The molecule has 6 heavy (non-hydrogen) atoms. The van der Waals surface area contributed by atoms with Crippen LogP contribution in [0.5, 0.6) is 0 Å². The second kappa shape index (κ2) is 2.93. The minimum Gasteiger partial charge on any atom is -0.357 e. The number of aromatic nitrogens is 4. The first-order valence-corrected chi connectivity index (χ1v) is 1.09. The standard InChI is InChI=1S/CHN4.Ir/c1-2-4-5-3-1;/h(H,2,3,4,5);/q-1;. The predicted octanol–water partition coefficient (Wildman–Crippen LogP) is -1.00. The molecule has 1 aromatic heterocycles. The summed E-state index contributed by atoms with van der Waals surface area (Å²) >= 11 is 0. The van der Waals surface area contributed by atoms with Crippen molar-refractivity contribution < 1.29 is 20.1 Å². The Morgan fingerprint density at radius 1 is 1.50 bits per heavy atom. The average molecular weight is 261 g/mol. The van der Waals surface area contributed by atoms with Crippen LogP contribution in [0.25, 0.3) is 0 Å². The second-order valence-electron chi connectivity index (χ2n) is 0.512. The zero-order valence-electron chi connectivity index (χ0n) is 2.67. The van der Waals surface area contributed by atoms with Gasteiger partial charge in [-0.25, -0.2) is 11.5 Å². The fourth-order valence-corrected chi connectivity index (χ4v) is 0.112. The predicted molar refractivity (Wildman–Crippen MR) is 13.0 cm³/mol. The molecule has 0 aliphatic heterocycles. The van der Waals surface area contributed by atoms with Gasteiger partial charge in [0, 0.05) is 20.1 Å². The Balaban J connectivity index is 0.000000250. The summed E-state index contributed by atoms with van der Waals surface area (Å²) in [5.41, 5.74) is 0. The van der Waals surface area contributed by atoms with Gasteiger partial charge in [-0.1, -0.05) is 5.21 Å². The van der Waals surface area contributed by atoms with Crippen LogP contribution in [0.3, 0.4) is 0 Å². The molecule has 0 bridgehead atoms. The third-order valence-electron chi connectivity index (χ3n) is 0.239. The van der Waals surface area contributed by atoms with Crippen molar-refractivity contribution in [3.8, 4) is 0 Å². The van der Waals surface area contributed by atoms with Crippen molar-refractivity contribution in [1.82, 2.24) is 20.6 Å². The summed E-state index contributed by atoms with van der Waals surface area (Å²) in [6, 6.07) is 0. The van der Waals surface area contributed by atoms with Crippen LogP contribution in [0.1, 0.15) is 0 Å². The molecular weight excluding hydrogens is 260 g/mol. The maximum atomic E-state index is 3.25. The molecule has 1 N–H and O–H groups in total. The van der Waals surface area contributed by atoms with Crippen molar-refractivity contribution in [2.24, 2.45) is 0 Å². The van der Waals surface area contributed by atoms with Gasteiger partial charge in [-0.05, 0) is 0 Å². The molecule has 0 amide bonds. The van der Waals surface area contributed by atoms with Crippen LogP contribution in [0, 0.1) is 6.33 Å². The third kappa shape index (κ3) is 1.23. The van der Waals surface area contributed by atoms with Gasteiger partial charge in [0.1, 0.15) is 0 Å². The normalized spacial score (nSPS) is 6.67. The summed E-state index contributed by atoms with van der Waals surface area (Å²) < 4.78 is 0. The minimum absolute atomic E-state index is 0. The monoisotopic (exact) mass is 262 g/mol. The van der Waals surface area contributed by atoms with Gasteiger partial charge >= 0.3 is 0 Å². The van der Waals surface area contributed by atoms with Crippen LogP contribution in [-0.4, -0.2) is 20.6 Å². The van der Waals surface area contributed by atoms with Crippen LogP contribution in [-0.2, 0) is 20.1 Å². The number of nitrogens with one attached hydrogen (secondary N) is 1. The van der Waals surface area contributed by atoms with E-state index in [9.17, 15) is 0 Å². The summed E-state index contributed by atoms with van der Waals surface area (Å²) in [5, 5.41) is 11.8. The number of rotatable bonds is 0. The first-order chi connectivity index (χ1) is 2.50. The maximum Gasteiger partial charge on any atom is 0 e. The van der Waals surface area contributed by atoms with Crippen molar-refractivity contribution in [1.29, 1.82) is 0 Å². The fraction of sp³-hybridized carbons (Fsp3) is 0. The van der Waals surface area contributed by atoms with E-state index < -0.39 is 0 Å². The van der Waals surface area contributed by atoms with E-state index in [1.54, 1.807) is 0 Å². The first-order valence-electron chi connectivity index (χ1n) is 1.09.